The lowest BCUT2D eigenvalue weighted by atomic mass is 9.93. The molecule has 13 heavy (non-hydrogen) atoms. The largest absolute Gasteiger partial charge is 0.0654 e. The Morgan fingerprint density at radius 1 is 0.846 bits per heavy atom. The first-order valence-electron chi connectivity index (χ1n) is 6.16. The summed E-state index contributed by atoms with van der Waals surface area (Å²) in [5, 5.41) is 0. The van der Waals surface area contributed by atoms with Crippen LogP contribution in [-0.4, -0.2) is 0 Å². The van der Waals surface area contributed by atoms with Crippen LogP contribution in [0.5, 0.6) is 0 Å². The maximum absolute atomic E-state index is 2.40. The standard InChI is InChI=1S/C13H28/c1-5-6-7-8-9-10-13(4)11-12(2)3/h12-13H,5-11H2,1-4H3. The van der Waals surface area contributed by atoms with Crippen LogP contribution >= 0.6 is 0 Å². The maximum Gasteiger partial charge on any atom is -0.0440 e. The van der Waals surface area contributed by atoms with Crippen molar-refractivity contribution in [3.05, 3.63) is 0 Å². The third kappa shape index (κ3) is 9.92. The van der Waals surface area contributed by atoms with Gasteiger partial charge in [0.25, 0.3) is 0 Å². The molecule has 0 fully saturated rings. The second-order valence-corrected chi connectivity index (χ2v) is 4.94. The fourth-order valence-electron chi connectivity index (χ4n) is 2.02. The van der Waals surface area contributed by atoms with Crippen LogP contribution in [-0.2, 0) is 0 Å². The molecule has 0 nitrogen and oxygen atoms in total. The highest BCUT2D eigenvalue weighted by Gasteiger charge is 2.03. The first-order valence-corrected chi connectivity index (χ1v) is 6.16. The molecule has 0 bridgehead atoms. The van der Waals surface area contributed by atoms with Crippen molar-refractivity contribution in [1.82, 2.24) is 0 Å². The van der Waals surface area contributed by atoms with Gasteiger partial charge in [0, 0.05) is 0 Å². The van der Waals surface area contributed by atoms with E-state index < -0.39 is 0 Å². The molecule has 1 unspecified atom stereocenters. The average Bonchev–Trinajstić information content (AvgIpc) is 2.02. The summed E-state index contributed by atoms with van der Waals surface area (Å²) in [5.41, 5.74) is 0. The summed E-state index contributed by atoms with van der Waals surface area (Å²) in [6.07, 6.45) is 10.0. The fourth-order valence-corrected chi connectivity index (χ4v) is 2.02. The van der Waals surface area contributed by atoms with Crippen molar-refractivity contribution in [2.45, 2.75) is 72.6 Å². The number of rotatable bonds is 8. The van der Waals surface area contributed by atoms with Gasteiger partial charge in [-0.1, -0.05) is 66.2 Å². The van der Waals surface area contributed by atoms with Crippen molar-refractivity contribution < 1.29 is 0 Å². The van der Waals surface area contributed by atoms with Gasteiger partial charge in [0.15, 0.2) is 0 Å². The van der Waals surface area contributed by atoms with E-state index in [9.17, 15) is 0 Å². The Labute approximate surface area is 85.1 Å². The predicted octanol–water partition coefficient (Wildman–Crippen LogP) is 5.03. The zero-order valence-corrected chi connectivity index (χ0v) is 10.1. The number of hydrogen-bond donors (Lipinski definition) is 0. The minimum atomic E-state index is 0.880. The molecule has 80 valence electrons. The smallest absolute Gasteiger partial charge is 0.0440 e. The van der Waals surface area contributed by atoms with E-state index in [-0.39, 0.29) is 0 Å². The molecule has 0 aliphatic rings. The third-order valence-corrected chi connectivity index (χ3v) is 2.67. The summed E-state index contributed by atoms with van der Waals surface area (Å²) in [5.74, 6) is 1.83. The Bertz CT molecular complexity index is 94.2. The Morgan fingerprint density at radius 2 is 1.46 bits per heavy atom. The molecule has 0 amide bonds. The Morgan fingerprint density at radius 3 is 2.00 bits per heavy atom. The molecule has 0 aromatic carbocycles. The zero-order valence-electron chi connectivity index (χ0n) is 10.1. The topological polar surface area (TPSA) is 0 Å². The SMILES string of the molecule is CCCCCCCC(C)CC(C)C. The number of hydrogen-bond acceptors (Lipinski definition) is 0. The lowest BCUT2D eigenvalue weighted by Crippen LogP contribution is -1.99. The molecule has 1 atom stereocenters. The molecule has 0 radical (unpaired) electrons. The van der Waals surface area contributed by atoms with Crippen LogP contribution in [0, 0.1) is 11.8 Å². The van der Waals surface area contributed by atoms with E-state index in [1.54, 1.807) is 0 Å². The molecule has 0 rings (SSSR count). The second kappa shape index (κ2) is 8.59. The fraction of sp³-hybridized carbons (Fsp3) is 1.00. The van der Waals surface area contributed by atoms with Crippen LogP contribution < -0.4 is 0 Å². The van der Waals surface area contributed by atoms with Gasteiger partial charge in [0.05, 0.1) is 0 Å². The average molecular weight is 184 g/mol. The molecule has 0 aromatic rings. The van der Waals surface area contributed by atoms with Crippen LogP contribution in [0.4, 0.5) is 0 Å². The van der Waals surface area contributed by atoms with Crippen molar-refractivity contribution >= 4 is 0 Å². The maximum atomic E-state index is 2.40. The van der Waals surface area contributed by atoms with Crippen LogP contribution in [0.2, 0.25) is 0 Å². The summed E-state index contributed by atoms with van der Waals surface area (Å²) < 4.78 is 0. The van der Waals surface area contributed by atoms with Crippen molar-refractivity contribution in [2.75, 3.05) is 0 Å². The Balaban J connectivity index is 3.12. The van der Waals surface area contributed by atoms with Crippen molar-refractivity contribution in [1.29, 1.82) is 0 Å². The minimum Gasteiger partial charge on any atom is -0.0654 e. The summed E-state index contributed by atoms with van der Waals surface area (Å²) in [6, 6.07) is 0. The number of unbranched alkanes of at least 4 members (excludes halogenated alkanes) is 4. The van der Waals surface area contributed by atoms with E-state index in [2.05, 4.69) is 27.7 Å². The first-order chi connectivity index (χ1) is 6.16. The lowest BCUT2D eigenvalue weighted by molar-refractivity contribution is 0.398. The molecule has 0 spiro atoms. The Kier molecular flexibility index (Phi) is 8.59. The Hall–Kier alpha value is 0. The summed E-state index contributed by atoms with van der Waals surface area (Å²) in [6.45, 7) is 9.34. The van der Waals surface area contributed by atoms with Gasteiger partial charge in [-0.15, -0.1) is 0 Å². The molecule has 0 saturated heterocycles. The molecule has 0 N–H and O–H groups in total. The highest BCUT2D eigenvalue weighted by Crippen LogP contribution is 2.18. The second-order valence-electron chi connectivity index (χ2n) is 4.94. The van der Waals surface area contributed by atoms with Crippen molar-refractivity contribution in [2.24, 2.45) is 11.8 Å². The molecule has 0 heteroatoms. The van der Waals surface area contributed by atoms with E-state index in [1.807, 2.05) is 0 Å². The quantitative estimate of drug-likeness (QED) is 0.464. The van der Waals surface area contributed by atoms with Gasteiger partial charge in [-0.05, 0) is 18.3 Å². The van der Waals surface area contributed by atoms with Crippen molar-refractivity contribution in [3.63, 3.8) is 0 Å². The summed E-state index contributed by atoms with van der Waals surface area (Å²) >= 11 is 0. The summed E-state index contributed by atoms with van der Waals surface area (Å²) in [4.78, 5) is 0. The van der Waals surface area contributed by atoms with E-state index in [0.717, 1.165) is 11.8 Å². The lowest BCUT2D eigenvalue weighted by Gasteiger charge is -2.13. The van der Waals surface area contributed by atoms with Gasteiger partial charge in [-0.2, -0.15) is 0 Å². The van der Waals surface area contributed by atoms with Gasteiger partial charge in [0.1, 0.15) is 0 Å². The van der Waals surface area contributed by atoms with Crippen LogP contribution in [0.15, 0.2) is 0 Å². The van der Waals surface area contributed by atoms with Gasteiger partial charge in [-0.3, -0.25) is 0 Å². The third-order valence-electron chi connectivity index (χ3n) is 2.67. The van der Waals surface area contributed by atoms with E-state index in [0.29, 0.717) is 0 Å². The molecule has 0 aliphatic carbocycles. The first kappa shape index (κ1) is 13.0. The van der Waals surface area contributed by atoms with E-state index in [4.69, 9.17) is 0 Å². The molecular weight excluding hydrogens is 156 g/mol. The summed E-state index contributed by atoms with van der Waals surface area (Å²) in [7, 11) is 0. The molecule has 0 aromatic heterocycles. The van der Waals surface area contributed by atoms with Gasteiger partial charge in [0.2, 0.25) is 0 Å². The zero-order chi connectivity index (χ0) is 10.1. The highest BCUT2D eigenvalue weighted by atomic mass is 14.1. The normalized spacial score (nSPS) is 13.6. The monoisotopic (exact) mass is 184 g/mol. The van der Waals surface area contributed by atoms with E-state index in [1.165, 1.54) is 44.9 Å². The minimum absolute atomic E-state index is 0.880. The van der Waals surface area contributed by atoms with E-state index >= 15 is 0 Å². The van der Waals surface area contributed by atoms with Gasteiger partial charge >= 0.3 is 0 Å². The molecule has 0 heterocycles. The highest BCUT2D eigenvalue weighted by molar-refractivity contribution is 4.56. The van der Waals surface area contributed by atoms with Crippen LogP contribution in [0.1, 0.15) is 72.6 Å². The van der Waals surface area contributed by atoms with Crippen LogP contribution in [0.25, 0.3) is 0 Å². The molecule has 0 aliphatic heterocycles. The molecular formula is C13H28. The predicted molar refractivity (Wildman–Crippen MR) is 62.0 cm³/mol. The molecule has 0 saturated carbocycles. The van der Waals surface area contributed by atoms with Gasteiger partial charge in [-0.25, -0.2) is 0 Å². The van der Waals surface area contributed by atoms with Crippen LogP contribution in [0.3, 0.4) is 0 Å². The van der Waals surface area contributed by atoms with Crippen molar-refractivity contribution in [3.8, 4) is 0 Å². The van der Waals surface area contributed by atoms with Gasteiger partial charge < -0.3 is 0 Å².